The van der Waals surface area contributed by atoms with Gasteiger partial charge in [0, 0.05) is 18.7 Å². The number of morpholine rings is 1. The first-order valence-corrected chi connectivity index (χ1v) is 8.14. The van der Waals surface area contributed by atoms with Crippen LogP contribution in [-0.4, -0.2) is 36.6 Å². The standard InChI is InChI=1S/C18H20N2O2/c19-12-18(7-8-18)15-5-3-14(4-6-15)17(21)20-9-10-22-16(11-20)13-1-2-13/h3-6,13,16H,1-2,7-11H2. The molecule has 0 aromatic heterocycles. The molecule has 2 aliphatic carbocycles. The summed E-state index contributed by atoms with van der Waals surface area (Å²) in [5.74, 6) is 0.741. The van der Waals surface area contributed by atoms with Crippen molar-refractivity contribution in [2.24, 2.45) is 5.92 Å². The van der Waals surface area contributed by atoms with Crippen molar-refractivity contribution in [3.63, 3.8) is 0 Å². The van der Waals surface area contributed by atoms with Gasteiger partial charge >= 0.3 is 0 Å². The van der Waals surface area contributed by atoms with Gasteiger partial charge in [-0.1, -0.05) is 12.1 Å². The Morgan fingerprint density at radius 3 is 2.59 bits per heavy atom. The highest BCUT2D eigenvalue weighted by molar-refractivity contribution is 5.94. The molecular weight excluding hydrogens is 276 g/mol. The number of rotatable bonds is 3. The highest BCUT2D eigenvalue weighted by Crippen LogP contribution is 2.47. The van der Waals surface area contributed by atoms with Gasteiger partial charge in [-0.05, 0) is 49.3 Å². The van der Waals surface area contributed by atoms with Gasteiger partial charge in [-0.2, -0.15) is 5.26 Å². The molecule has 1 amide bonds. The number of carbonyl (C=O) groups is 1. The molecule has 4 nitrogen and oxygen atoms in total. The molecule has 1 unspecified atom stereocenters. The fourth-order valence-corrected chi connectivity index (χ4v) is 3.32. The van der Waals surface area contributed by atoms with E-state index >= 15 is 0 Å². The number of ether oxygens (including phenoxy) is 1. The smallest absolute Gasteiger partial charge is 0.254 e. The molecule has 1 aromatic carbocycles. The number of carbonyl (C=O) groups excluding carboxylic acids is 1. The summed E-state index contributed by atoms with van der Waals surface area (Å²) in [6.45, 7) is 2.03. The van der Waals surface area contributed by atoms with Crippen LogP contribution < -0.4 is 0 Å². The Bertz CT molecular complexity index is 623. The van der Waals surface area contributed by atoms with Crippen molar-refractivity contribution in [3.8, 4) is 6.07 Å². The van der Waals surface area contributed by atoms with Crippen molar-refractivity contribution in [2.75, 3.05) is 19.7 Å². The fourth-order valence-electron chi connectivity index (χ4n) is 3.32. The Balaban J connectivity index is 1.47. The normalized spacial score (nSPS) is 26.3. The lowest BCUT2D eigenvalue weighted by Gasteiger charge is -2.33. The summed E-state index contributed by atoms with van der Waals surface area (Å²) in [4.78, 5) is 14.6. The van der Waals surface area contributed by atoms with Crippen molar-refractivity contribution < 1.29 is 9.53 Å². The van der Waals surface area contributed by atoms with E-state index in [4.69, 9.17) is 4.74 Å². The number of amides is 1. The Morgan fingerprint density at radius 1 is 1.27 bits per heavy atom. The van der Waals surface area contributed by atoms with Gasteiger partial charge in [0.15, 0.2) is 0 Å². The minimum Gasteiger partial charge on any atom is -0.374 e. The van der Waals surface area contributed by atoms with E-state index in [-0.39, 0.29) is 17.4 Å². The van der Waals surface area contributed by atoms with Gasteiger partial charge in [0.2, 0.25) is 0 Å². The maximum Gasteiger partial charge on any atom is 0.254 e. The lowest BCUT2D eigenvalue weighted by atomic mass is 9.96. The van der Waals surface area contributed by atoms with Crippen LogP contribution in [0.5, 0.6) is 0 Å². The third kappa shape index (κ3) is 2.40. The fraction of sp³-hybridized carbons (Fsp3) is 0.556. The summed E-state index contributed by atoms with van der Waals surface area (Å²) >= 11 is 0. The maximum atomic E-state index is 12.6. The number of benzene rings is 1. The summed E-state index contributed by atoms with van der Waals surface area (Å²) in [5, 5.41) is 9.24. The molecule has 3 aliphatic rings. The SMILES string of the molecule is N#CC1(c2ccc(C(=O)N3CCOC(C4CC4)C3)cc2)CC1. The molecule has 1 saturated heterocycles. The minimum absolute atomic E-state index is 0.0855. The molecule has 3 fully saturated rings. The van der Waals surface area contributed by atoms with Crippen LogP contribution in [0.4, 0.5) is 0 Å². The summed E-state index contributed by atoms with van der Waals surface area (Å²) in [5.41, 5.74) is 1.48. The number of nitriles is 1. The van der Waals surface area contributed by atoms with E-state index in [2.05, 4.69) is 6.07 Å². The third-order valence-corrected chi connectivity index (χ3v) is 5.18. The topological polar surface area (TPSA) is 53.3 Å². The van der Waals surface area contributed by atoms with Gasteiger partial charge in [0.05, 0.1) is 24.2 Å². The maximum absolute atomic E-state index is 12.6. The molecule has 114 valence electrons. The van der Waals surface area contributed by atoms with E-state index in [1.807, 2.05) is 29.2 Å². The lowest BCUT2D eigenvalue weighted by molar-refractivity contribution is -0.0313. The number of hydrogen-bond donors (Lipinski definition) is 0. The zero-order valence-electron chi connectivity index (χ0n) is 12.6. The molecule has 1 aromatic rings. The highest BCUT2D eigenvalue weighted by atomic mass is 16.5. The lowest BCUT2D eigenvalue weighted by Crippen LogP contribution is -2.46. The van der Waals surface area contributed by atoms with E-state index in [0.29, 0.717) is 31.2 Å². The van der Waals surface area contributed by atoms with Crippen molar-refractivity contribution in [2.45, 2.75) is 37.2 Å². The second-order valence-electron chi connectivity index (χ2n) is 6.77. The average Bonchev–Trinajstić information content (AvgIpc) is 3.48. The average molecular weight is 296 g/mol. The molecular formula is C18H20N2O2. The van der Waals surface area contributed by atoms with Crippen LogP contribution in [0.25, 0.3) is 0 Å². The number of nitrogens with zero attached hydrogens (tertiary/aromatic N) is 2. The number of hydrogen-bond acceptors (Lipinski definition) is 3. The second-order valence-corrected chi connectivity index (χ2v) is 6.77. The molecule has 22 heavy (non-hydrogen) atoms. The molecule has 2 saturated carbocycles. The second kappa shape index (κ2) is 5.10. The van der Waals surface area contributed by atoms with Crippen LogP contribution in [0.1, 0.15) is 41.6 Å². The Labute approximate surface area is 130 Å². The van der Waals surface area contributed by atoms with Gasteiger partial charge in [0.1, 0.15) is 0 Å². The van der Waals surface area contributed by atoms with Gasteiger partial charge in [-0.15, -0.1) is 0 Å². The van der Waals surface area contributed by atoms with Gasteiger partial charge in [-0.3, -0.25) is 4.79 Å². The molecule has 4 rings (SSSR count). The molecule has 1 aliphatic heterocycles. The van der Waals surface area contributed by atoms with E-state index in [1.165, 1.54) is 12.8 Å². The van der Waals surface area contributed by atoms with Gasteiger partial charge < -0.3 is 9.64 Å². The van der Waals surface area contributed by atoms with Crippen molar-refractivity contribution in [3.05, 3.63) is 35.4 Å². The molecule has 1 heterocycles. The van der Waals surface area contributed by atoms with E-state index in [0.717, 1.165) is 18.4 Å². The van der Waals surface area contributed by atoms with Gasteiger partial charge in [0.25, 0.3) is 5.91 Å². The Morgan fingerprint density at radius 2 is 2.00 bits per heavy atom. The van der Waals surface area contributed by atoms with Crippen molar-refractivity contribution >= 4 is 5.91 Å². The van der Waals surface area contributed by atoms with Crippen LogP contribution in [0, 0.1) is 17.2 Å². The summed E-state index contributed by atoms with van der Waals surface area (Å²) in [6.07, 6.45) is 4.56. The molecule has 0 bridgehead atoms. The van der Waals surface area contributed by atoms with Crippen LogP contribution >= 0.6 is 0 Å². The molecule has 0 spiro atoms. The third-order valence-electron chi connectivity index (χ3n) is 5.18. The highest BCUT2D eigenvalue weighted by Gasteiger charge is 2.44. The molecule has 0 N–H and O–H groups in total. The zero-order chi connectivity index (χ0) is 15.2. The minimum atomic E-state index is -0.280. The monoisotopic (exact) mass is 296 g/mol. The predicted molar refractivity (Wildman–Crippen MR) is 81.3 cm³/mol. The van der Waals surface area contributed by atoms with Crippen LogP contribution in [0.3, 0.4) is 0 Å². The first kappa shape index (κ1) is 13.8. The first-order valence-electron chi connectivity index (χ1n) is 8.14. The van der Waals surface area contributed by atoms with Crippen LogP contribution in [0.2, 0.25) is 0 Å². The van der Waals surface area contributed by atoms with Crippen molar-refractivity contribution in [1.82, 2.24) is 4.90 Å². The van der Waals surface area contributed by atoms with Crippen LogP contribution in [-0.2, 0) is 10.2 Å². The summed E-state index contributed by atoms with van der Waals surface area (Å²) in [6, 6.07) is 10.0. The van der Waals surface area contributed by atoms with Crippen LogP contribution in [0.15, 0.2) is 24.3 Å². The zero-order valence-corrected chi connectivity index (χ0v) is 12.6. The van der Waals surface area contributed by atoms with E-state index in [9.17, 15) is 10.1 Å². The van der Waals surface area contributed by atoms with Gasteiger partial charge in [-0.25, -0.2) is 0 Å². The Kier molecular flexibility index (Phi) is 3.19. The van der Waals surface area contributed by atoms with E-state index in [1.54, 1.807) is 0 Å². The summed E-state index contributed by atoms with van der Waals surface area (Å²) in [7, 11) is 0. The van der Waals surface area contributed by atoms with Crippen molar-refractivity contribution in [1.29, 1.82) is 5.26 Å². The quantitative estimate of drug-likeness (QED) is 0.861. The first-order chi connectivity index (χ1) is 10.7. The largest absolute Gasteiger partial charge is 0.374 e. The molecule has 1 atom stereocenters. The van der Waals surface area contributed by atoms with E-state index < -0.39 is 0 Å². The Hall–Kier alpha value is -1.86. The summed E-state index contributed by atoms with van der Waals surface area (Å²) < 4.78 is 5.77. The molecule has 0 radical (unpaired) electrons. The predicted octanol–water partition coefficient (Wildman–Crippen LogP) is 2.49. The molecule has 4 heteroatoms.